The Morgan fingerprint density at radius 1 is 0.538 bits per heavy atom. The van der Waals surface area contributed by atoms with Gasteiger partial charge in [0.2, 0.25) is 0 Å². The van der Waals surface area contributed by atoms with Gasteiger partial charge < -0.3 is 10.6 Å². The summed E-state index contributed by atoms with van der Waals surface area (Å²) in [5.41, 5.74) is 1.95. The predicted octanol–water partition coefficient (Wildman–Crippen LogP) is 4.69. The standard InChI is InChI=1S/2C8H3Br2NO2/c2*9-4-1-3-6(2-5(4)10)11-8(13)7(3)12/h2*1-2H,(H,11,12,13). The molecular formula is C16H6Br4N2O4. The molecule has 0 unspecified atom stereocenters. The Balaban J connectivity index is 0.000000151. The summed E-state index contributed by atoms with van der Waals surface area (Å²) >= 11 is 13.1. The van der Waals surface area contributed by atoms with E-state index in [-0.39, 0.29) is 0 Å². The number of fused-ring (bicyclic) bond motifs is 2. The number of halogens is 4. The molecule has 0 aliphatic carbocycles. The molecule has 0 radical (unpaired) electrons. The van der Waals surface area contributed by atoms with Gasteiger partial charge in [-0.05, 0) is 88.0 Å². The first-order chi connectivity index (χ1) is 12.2. The largest absolute Gasteiger partial charge is 0.318 e. The quantitative estimate of drug-likeness (QED) is 0.424. The highest BCUT2D eigenvalue weighted by Crippen LogP contribution is 2.33. The average molecular weight is 610 g/mol. The monoisotopic (exact) mass is 606 g/mol. The molecule has 0 bridgehead atoms. The number of hydrogen-bond donors (Lipinski definition) is 2. The molecule has 2 aliphatic rings. The van der Waals surface area contributed by atoms with Crippen molar-refractivity contribution < 1.29 is 19.2 Å². The molecule has 132 valence electrons. The molecule has 2 aromatic carbocycles. The van der Waals surface area contributed by atoms with Crippen LogP contribution < -0.4 is 10.6 Å². The zero-order valence-corrected chi connectivity index (χ0v) is 18.8. The number of anilines is 2. The van der Waals surface area contributed by atoms with Crippen LogP contribution in [0.3, 0.4) is 0 Å². The second-order valence-electron chi connectivity index (χ2n) is 5.19. The van der Waals surface area contributed by atoms with Crippen molar-refractivity contribution in [2.75, 3.05) is 10.6 Å². The van der Waals surface area contributed by atoms with E-state index >= 15 is 0 Å². The highest BCUT2D eigenvalue weighted by Gasteiger charge is 2.29. The maximum atomic E-state index is 11.2. The minimum absolute atomic E-state index is 0.417. The molecule has 2 amide bonds. The smallest absolute Gasteiger partial charge is 0.296 e. The van der Waals surface area contributed by atoms with E-state index in [1.807, 2.05) is 0 Å². The number of hydrogen-bond acceptors (Lipinski definition) is 4. The van der Waals surface area contributed by atoms with Crippen molar-refractivity contribution >= 4 is 98.5 Å². The summed E-state index contributed by atoms with van der Waals surface area (Å²) in [5.74, 6) is -2.11. The van der Waals surface area contributed by atoms with Crippen molar-refractivity contribution in [1.29, 1.82) is 0 Å². The van der Waals surface area contributed by atoms with E-state index in [4.69, 9.17) is 0 Å². The van der Waals surface area contributed by atoms with Gasteiger partial charge in [-0.15, -0.1) is 0 Å². The Hall–Kier alpha value is -1.36. The maximum Gasteiger partial charge on any atom is 0.296 e. The van der Waals surface area contributed by atoms with E-state index < -0.39 is 23.4 Å². The number of nitrogens with one attached hydrogen (secondary N) is 2. The predicted molar refractivity (Wildman–Crippen MR) is 110 cm³/mol. The van der Waals surface area contributed by atoms with Crippen LogP contribution in [0.2, 0.25) is 0 Å². The third kappa shape index (κ3) is 3.55. The minimum atomic E-state index is -0.569. The van der Waals surface area contributed by atoms with Crippen molar-refractivity contribution in [3.63, 3.8) is 0 Å². The van der Waals surface area contributed by atoms with E-state index in [1.165, 1.54) is 0 Å². The van der Waals surface area contributed by atoms with Crippen molar-refractivity contribution in [3.05, 3.63) is 53.3 Å². The van der Waals surface area contributed by atoms with Gasteiger partial charge in [-0.2, -0.15) is 0 Å². The second kappa shape index (κ2) is 7.34. The van der Waals surface area contributed by atoms with E-state index in [0.717, 1.165) is 17.9 Å². The fraction of sp³-hybridized carbons (Fsp3) is 0. The van der Waals surface area contributed by atoms with Gasteiger partial charge in [0, 0.05) is 17.9 Å². The Morgan fingerprint density at radius 2 is 0.846 bits per heavy atom. The molecule has 2 N–H and O–H groups in total. The molecule has 6 nitrogen and oxygen atoms in total. The molecule has 0 spiro atoms. The molecule has 0 fully saturated rings. The van der Waals surface area contributed by atoms with Crippen LogP contribution in [0.5, 0.6) is 0 Å². The third-order valence-corrected chi connectivity index (χ3v) is 7.21. The second-order valence-corrected chi connectivity index (χ2v) is 8.61. The van der Waals surface area contributed by atoms with E-state index in [9.17, 15) is 19.2 Å². The molecule has 0 atom stereocenters. The van der Waals surface area contributed by atoms with Gasteiger partial charge in [0.25, 0.3) is 23.4 Å². The molecule has 26 heavy (non-hydrogen) atoms. The van der Waals surface area contributed by atoms with Crippen LogP contribution in [0.15, 0.2) is 42.2 Å². The summed E-state index contributed by atoms with van der Waals surface area (Å²) in [4.78, 5) is 44.3. The highest BCUT2D eigenvalue weighted by atomic mass is 79.9. The van der Waals surface area contributed by atoms with Gasteiger partial charge >= 0.3 is 0 Å². The van der Waals surface area contributed by atoms with Gasteiger partial charge in [-0.1, -0.05) is 0 Å². The summed E-state index contributed by atoms with van der Waals surface area (Å²) in [6.45, 7) is 0. The SMILES string of the molecule is O=C1Nc2cc(Br)c(Br)cc2C1=O.O=C1Nc2cc(Br)c(Br)cc2C1=O. The van der Waals surface area contributed by atoms with Crippen LogP contribution in [-0.4, -0.2) is 23.4 Å². The molecule has 0 aromatic heterocycles. The van der Waals surface area contributed by atoms with E-state index in [1.54, 1.807) is 24.3 Å². The number of ketones is 2. The number of benzene rings is 2. The van der Waals surface area contributed by atoms with Gasteiger partial charge in [0.05, 0.1) is 22.5 Å². The van der Waals surface area contributed by atoms with Crippen LogP contribution in [0.1, 0.15) is 20.7 Å². The minimum Gasteiger partial charge on any atom is -0.318 e. The van der Waals surface area contributed by atoms with Crippen LogP contribution in [0.4, 0.5) is 11.4 Å². The van der Waals surface area contributed by atoms with Crippen molar-refractivity contribution in [2.45, 2.75) is 0 Å². The lowest BCUT2D eigenvalue weighted by Crippen LogP contribution is -2.12. The molecule has 2 heterocycles. The number of carbonyl (C=O) groups excluding carboxylic acids is 4. The molecule has 4 rings (SSSR count). The molecule has 10 heteroatoms. The van der Waals surface area contributed by atoms with Crippen molar-refractivity contribution in [3.8, 4) is 0 Å². The molecule has 0 saturated heterocycles. The molecular weight excluding hydrogens is 604 g/mol. The summed E-state index contributed by atoms with van der Waals surface area (Å²) in [5, 5.41) is 4.95. The Kier molecular flexibility index (Phi) is 5.48. The number of rotatable bonds is 0. The average Bonchev–Trinajstić information content (AvgIpc) is 3.00. The lowest BCUT2D eigenvalue weighted by atomic mass is 10.1. The number of amides is 2. The first kappa shape index (κ1) is 19.4. The molecule has 2 aliphatic heterocycles. The molecule has 0 saturated carbocycles. The topological polar surface area (TPSA) is 92.3 Å². The van der Waals surface area contributed by atoms with Gasteiger partial charge in [-0.25, -0.2) is 0 Å². The summed E-state index contributed by atoms with van der Waals surface area (Å²) in [6, 6.07) is 6.64. The lowest BCUT2D eigenvalue weighted by Gasteiger charge is -1.99. The third-order valence-electron chi connectivity index (χ3n) is 3.52. The first-order valence-corrected chi connectivity index (χ1v) is 10.1. The van der Waals surface area contributed by atoms with Gasteiger partial charge in [0.15, 0.2) is 0 Å². The Morgan fingerprint density at radius 3 is 1.19 bits per heavy atom. The van der Waals surface area contributed by atoms with Crippen molar-refractivity contribution in [2.24, 2.45) is 0 Å². The normalized spacial score (nSPS) is 14.3. The van der Waals surface area contributed by atoms with E-state index in [2.05, 4.69) is 74.4 Å². The summed E-state index contributed by atoms with van der Waals surface area (Å²) in [7, 11) is 0. The fourth-order valence-electron chi connectivity index (χ4n) is 2.28. The van der Waals surface area contributed by atoms with Crippen LogP contribution >= 0.6 is 63.7 Å². The zero-order valence-electron chi connectivity index (χ0n) is 12.5. The van der Waals surface area contributed by atoms with Crippen LogP contribution in [0.25, 0.3) is 0 Å². The first-order valence-electron chi connectivity index (χ1n) is 6.88. The maximum absolute atomic E-state index is 11.2. The highest BCUT2D eigenvalue weighted by molar-refractivity contribution is 9.13. The Labute approximate surface area is 180 Å². The van der Waals surface area contributed by atoms with Crippen LogP contribution in [-0.2, 0) is 9.59 Å². The Bertz CT molecular complexity index is 938. The van der Waals surface area contributed by atoms with Crippen LogP contribution in [0, 0.1) is 0 Å². The zero-order chi connectivity index (χ0) is 19.2. The fourth-order valence-corrected chi connectivity index (χ4v) is 3.65. The van der Waals surface area contributed by atoms with Gasteiger partial charge in [0.1, 0.15) is 0 Å². The van der Waals surface area contributed by atoms with E-state index in [0.29, 0.717) is 22.5 Å². The lowest BCUT2D eigenvalue weighted by molar-refractivity contribution is -0.112. The van der Waals surface area contributed by atoms with Crippen molar-refractivity contribution in [1.82, 2.24) is 0 Å². The number of Topliss-reactive ketones (excluding diaryl/α,β-unsaturated/α-hetero) is 2. The summed E-state index contributed by atoms with van der Waals surface area (Å²) < 4.78 is 3.13. The summed E-state index contributed by atoms with van der Waals surface area (Å²) in [6.07, 6.45) is 0. The van der Waals surface area contributed by atoms with Gasteiger partial charge in [-0.3, -0.25) is 19.2 Å². The number of carbonyl (C=O) groups is 4. The molecule has 2 aromatic rings.